The third kappa shape index (κ3) is 2.13. The Morgan fingerprint density at radius 2 is 1.37 bits per heavy atom. The van der Waals surface area contributed by atoms with E-state index in [0.717, 1.165) is 17.1 Å². The maximum Gasteiger partial charge on any atom is 0.0716 e. The predicted molar refractivity (Wildman–Crippen MR) is 126 cm³/mol. The molecule has 3 heteroatoms. The molecule has 0 spiro atoms. The van der Waals surface area contributed by atoms with Crippen molar-refractivity contribution in [2.45, 2.75) is 19.3 Å². The van der Waals surface area contributed by atoms with Gasteiger partial charge in [0.15, 0.2) is 0 Å². The number of hydrogen-bond donors (Lipinski definition) is 1. The molecule has 0 amide bonds. The quantitative estimate of drug-likeness (QED) is 0.335. The number of fused-ring (bicyclic) bond motifs is 6. The van der Waals surface area contributed by atoms with E-state index in [2.05, 4.69) is 109 Å². The number of hydrazine groups is 1. The number of hydrogen-bond acceptors (Lipinski definition) is 2. The van der Waals surface area contributed by atoms with Gasteiger partial charge in [0, 0.05) is 21.9 Å². The highest BCUT2D eigenvalue weighted by Gasteiger charge is 2.37. The molecule has 1 aliphatic rings. The van der Waals surface area contributed by atoms with Crippen LogP contribution in [0.3, 0.4) is 0 Å². The van der Waals surface area contributed by atoms with Crippen LogP contribution in [-0.2, 0) is 5.41 Å². The molecule has 0 saturated carbocycles. The number of benzene rings is 4. The van der Waals surface area contributed by atoms with Gasteiger partial charge in [0.05, 0.1) is 22.4 Å². The Balaban J connectivity index is 1.79. The van der Waals surface area contributed by atoms with E-state index in [-0.39, 0.29) is 5.41 Å². The first-order chi connectivity index (χ1) is 14.6. The molecule has 0 atom stereocenters. The van der Waals surface area contributed by atoms with Crippen molar-refractivity contribution in [3.63, 3.8) is 0 Å². The Hall–Kier alpha value is -3.56. The van der Waals surface area contributed by atoms with E-state index in [9.17, 15) is 0 Å². The van der Waals surface area contributed by atoms with Crippen molar-refractivity contribution >= 4 is 33.2 Å². The molecule has 0 aliphatic carbocycles. The highest BCUT2D eigenvalue weighted by atomic mass is 15.4. The van der Waals surface area contributed by atoms with Crippen molar-refractivity contribution in [3.05, 3.63) is 102 Å². The van der Waals surface area contributed by atoms with Crippen molar-refractivity contribution in [1.82, 2.24) is 4.57 Å². The number of anilines is 2. The van der Waals surface area contributed by atoms with Gasteiger partial charge in [-0.3, -0.25) is 5.01 Å². The zero-order valence-corrected chi connectivity index (χ0v) is 17.1. The Labute approximate surface area is 175 Å². The van der Waals surface area contributed by atoms with Gasteiger partial charge >= 0.3 is 0 Å². The average Bonchev–Trinajstić information content (AvgIpc) is 3.12. The van der Waals surface area contributed by atoms with E-state index in [1.54, 1.807) is 0 Å². The van der Waals surface area contributed by atoms with Crippen molar-refractivity contribution < 1.29 is 0 Å². The first kappa shape index (κ1) is 17.3. The van der Waals surface area contributed by atoms with Gasteiger partial charge in [-0.1, -0.05) is 74.5 Å². The van der Waals surface area contributed by atoms with Gasteiger partial charge in [-0.2, -0.15) is 0 Å². The van der Waals surface area contributed by atoms with E-state index < -0.39 is 0 Å². The minimum Gasteiger partial charge on any atom is -0.309 e. The lowest BCUT2D eigenvalue weighted by atomic mass is 9.73. The number of nitrogens with zero attached hydrogens (tertiary/aromatic N) is 2. The summed E-state index contributed by atoms with van der Waals surface area (Å²) in [6.45, 7) is 4.58. The minimum atomic E-state index is -0.133. The standard InChI is InChI=1S/C27H23N3/c1-27(2)20-13-7-9-15-23(20)30(28)26-21(27)16-17-24-25(26)19-12-6-8-14-22(19)29(24)18-10-4-3-5-11-18/h3-17H,28H2,1-2H3. The molecular weight excluding hydrogens is 366 g/mol. The molecule has 2 N–H and O–H groups in total. The minimum absolute atomic E-state index is 0.133. The molecule has 0 fully saturated rings. The molecule has 0 unspecified atom stereocenters. The van der Waals surface area contributed by atoms with E-state index in [4.69, 9.17) is 5.84 Å². The highest BCUT2D eigenvalue weighted by Crippen LogP contribution is 2.51. The van der Waals surface area contributed by atoms with Crippen molar-refractivity contribution in [2.24, 2.45) is 5.84 Å². The Morgan fingerprint density at radius 1 is 0.667 bits per heavy atom. The smallest absolute Gasteiger partial charge is 0.0716 e. The summed E-state index contributed by atoms with van der Waals surface area (Å²) in [7, 11) is 0. The Bertz CT molecular complexity index is 1430. The molecule has 2 heterocycles. The van der Waals surface area contributed by atoms with Gasteiger partial charge in [-0.05, 0) is 41.5 Å². The van der Waals surface area contributed by atoms with Crippen LogP contribution in [0.25, 0.3) is 27.5 Å². The molecule has 1 aliphatic heterocycles. The fourth-order valence-corrected chi connectivity index (χ4v) is 5.13. The maximum atomic E-state index is 6.81. The fourth-order valence-electron chi connectivity index (χ4n) is 5.13. The van der Waals surface area contributed by atoms with Gasteiger partial charge in [-0.15, -0.1) is 0 Å². The second-order valence-corrected chi connectivity index (χ2v) is 8.56. The number of aromatic nitrogens is 1. The first-order valence-corrected chi connectivity index (χ1v) is 10.4. The third-order valence-corrected chi connectivity index (χ3v) is 6.58. The lowest BCUT2D eigenvalue weighted by Gasteiger charge is -2.40. The van der Waals surface area contributed by atoms with Crippen LogP contribution >= 0.6 is 0 Å². The normalized spacial score (nSPS) is 14.7. The van der Waals surface area contributed by atoms with Crippen molar-refractivity contribution in [1.29, 1.82) is 0 Å². The van der Waals surface area contributed by atoms with Crippen molar-refractivity contribution in [2.75, 3.05) is 5.01 Å². The zero-order valence-electron chi connectivity index (χ0n) is 17.1. The van der Waals surface area contributed by atoms with Crippen LogP contribution in [0.2, 0.25) is 0 Å². The molecule has 4 aromatic carbocycles. The summed E-state index contributed by atoms with van der Waals surface area (Å²) in [6, 6.07) is 32.1. The number of rotatable bonds is 1. The summed E-state index contributed by atoms with van der Waals surface area (Å²) in [6.07, 6.45) is 0. The fraction of sp³-hybridized carbons (Fsp3) is 0.111. The second kappa shape index (κ2) is 5.97. The van der Waals surface area contributed by atoms with Gasteiger partial charge in [0.1, 0.15) is 0 Å². The maximum absolute atomic E-state index is 6.81. The third-order valence-electron chi connectivity index (χ3n) is 6.58. The second-order valence-electron chi connectivity index (χ2n) is 8.56. The van der Waals surface area contributed by atoms with Crippen molar-refractivity contribution in [3.8, 4) is 5.69 Å². The lowest BCUT2D eigenvalue weighted by molar-refractivity contribution is 0.627. The molecule has 5 aromatic rings. The summed E-state index contributed by atoms with van der Waals surface area (Å²) in [4.78, 5) is 0. The van der Waals surface area contributed by atoms with Crippen LogP contribution in [0, 0.1) is 0 Å². The van der Waals surface area contributed by atoms with Crippen LogP contribution in [0.15, 0.2) is 91.0 Å². The average molecular weight is 390 g/mol. The summed E-state index contributed by atoms with van der Waals surface area (Å²) < 4.78 is 2.34. The number of para-hydroxylation sites is 3. The molecule has 0 radical (unpaired) electrons. The van der Waals surface area contributed by atoms with E-state index in [0.29, 0.717) is 0 Å². The molecular formula is C27H23N3. The summed E-state index contributed by atoms with van der Waals surface area (Å²) in [5, 5.41) is 4.32. The monoisotopic (exact) mass is 389 g/mol. The topological polar surface area (TPSA) is 34.2 Å². The van der Waals surface area contributed by atoms with E-state index >= 15 is 0 Å². The summed E-state index contributed by atoms with van der Waals surface area (Å²) in [5.41, 5.74) is 8.07. The van der Waals surface area contributed by atoms with Crippen LogP contribution in [0.1, 0.15) is 25.0 Å². The molecule has 0 saturated heterocycles. The van der Waals surface area contributed by atoms with E-state index in [1.165, 1.54) is 32.9 Å². The van der Waals surface area contributed by atoms with Crippen LogP contribution in [0.4, 0.5) is 11.4 Å². The SMILES string of the molecule is CC1(C)c2ccccc2N(N)c2c1ccc1c2c2ccccc2n1-c1ccccc1. The highest BCUT2D eigenvalue weighted by molar-refractivity contribution is 6.17. The van der Waals surface area contributed by atoms with Gasteiger partial charge in [0.2, 0.25) is 0 Å². The largest absolute Gasteiger partial charge is 0.309 e. The van der Waals surface area contributed by atoms with Crippen LogP contribution in [-0.4, -0.2) is 4.57 Å². The molecule has 1 aromatic heterocycles. The van der Waals surface area contributed by atoms with Gasteiger partial charge in [0.25, 0.3) is 0 Å². The number of nitrogens with two attached hydrogens (primary N) is 1. The lowest BCUT2D eigenvalue weighted by Crippen LogP contribution is -2.37. The van der Waals surface area contributed by atoms with Crippen LogP contribution in [0.5, 0.6) is 0 Å². The summed E-state index contributed by atoms with van der Waals surface area (Å²) in [5.74, 6) is 6.81. The predicted octanol–water partition coefficient (Wildman–Crippen LogP) is 6.43. The zero-order chi connectivity index (χ0) is 20.5. The van der Waals surface area contributed by atoms with Crippen LogP contribution < -0.4 is 10.9 Å². The Kier molecular flexibility index (Phi) is 3.45. The molecule has 0 bridgehead atoms. The molecule has 30 heavy (non-hydrogen) atoms. The van der Waals surface area contributed by atoms with E-state index in [1.807, 2.05) is 5.01 Å². The summed E-state index contributed by atoms with van der Waals surface area (Å²) >= 11 is 0. The van der Waals surface area contributed by atoms with Gasteiger partial charge < -0.3 is 4.57 Å². The Morgan fingerprint density at radius 3 is 2.20 bits per heavy atom. The first-order valence-electron chi connectivity index (χ1n) is 10.4. The molecule has 6 rings (SSSR count). The molecule has 3 nitrogen and oxygen atoms in total. The molecule has 146 valence electrons. The van der Waals surface area contributed by atoms with Gasteiger partial charge in [-0.25, -0.2) is 5.84 Å².